The summed E-state index contributed by atoms with van der Waals surface area (Å²) in [5.41, 5.74) is 2.75. The van der Waals surface area contributed by atoms with E-state index in [4.69, 9.17) is 10.5 Å². The Kier molecular flexibility index (Phi) is 4.51. The van der Waals surface area contributed by atoms with E-state index < -0.39 is 40.0 Å². The van der Waals surface area contributed by atoms with Crippen molar-refractivity contribution in [2.75, 3.05) is 12.8 Å². The summed E-state index contributed by atoms with van der Waals surface area (Å²) in [6.45, 7) is 0. The van der Waals surface area contributed by atoms with Gasteiger partial charge < -0.3 is 30.8 Å². The summed E-state index contributed by atoms with van der Waals surface area (Å²) < 4.78 is 5.07. The lowest BCUT2D eigenvalue weighted by Crippen LogP contribution is -2.24. The van der Waals surface area contributed by atoms with E-state index in [-0.39, 0.29) is 21.5 Å². The molecule has 1 aromatic carbocycles. The van der Waals surface area contributed by atoms with Crippen LogP contribution in [0.3, 0.4) is 0 Å². The Morgan fingerprint density at radius 2 is 1.79 bits per heavy atom. The Bertz CT molecular complexity index is 920. The molecule has 0 bridgehead atoms. The number of hydrogen-bond acceptors (Lipinski definition) is 6. The molecule has 6 N–H and O–H groups in total. The van der Waals surface area contributed by atoms with E-state index in [2.05, 4.69) is 15.9 Å². The summed E-state index contributed by atoms with van der Waals surface area (Å²) >= 11 is 3.05. The van der Waals surface area contributed by atoms with Crippen LogP contribution in [0.4, 0.5) is 5.82 Å². The number of pyridine rings is 1. The topological polar surface area (TPSA) is 163 Å². The summed E-state index contributed by atoms with van der Waals surface area (Å²) in [5.74, 6) is -3.96. The monoisotopic (exact) mass is 398 g/mol. The number of nitrogens with one attached hydrogen (secondary N) is 1. The molecule has 0 aliphatic heterocycles. The van der Waals surface area contributed by atoms with Crippen molar-refractivity contribution in [2.45, 2.75) is 0 Å². The van der Waals surface area contributed by atoms with Gasteiger partial charge in [0.25, 0.3) is 5.56 Å². The van der Waals surface area contributed by atoms with Gasteiger partial charge in [-0.1, -0.05) is 0 Å². The van der Waals surface area contributed by atoms with Crippen LogP contribution >= 0.6 is 15.9 Å². The normalized spacial score (nSPS) is 10.4. The molecule has 126 valence electrons. The van der Waals surface area contributed by atoms with Crippen LogP contribution in [-0.4, -0.2) is 39.4 Å². The predicted molar refractivity (Wildman–Crippen MR) is 86.7 cm³/mol. The van der Waals surface area contributed by atoms with Gasteiger partial charge in [0.15, 0.2) is 11.5 Å². The minimum absolute atomic E-state index is 0.0177. The van der Waals surface area contributed by atoms with Crippen LogP contribution in [0.5, 0.6) is 11.5 Å². The quantitative estimate of drug-likeness (QED) is 0.516. The molecule has 2 rings (SSSR count). The van der Waals surface area contributed by atoms with Gasteiger partial charge >= 0.3 is 11.9 Å². The number of halogens is 1. The van der Waals surface area contributed by atoms with Crippen molar-refractivity contribution in [1.29, 1.82) is 0 Å². The number of H-pyrrole nitrogens is 1. The molecule has 0 saturated carbocycles. The standard InChI is InChI=1S/C14H11BrN2O7/c1-24-6-3-4(2-5(15)10(6)18)7-8(13(20)21)11(16)17-12(19)9(7)14(22)23/h2-3,18H,1H3,(H,20,21)(H,22,23)(H3,16,17,19). The molecule has 0 aliphatic rings. The lowest BCUT2D eigenvalue weighted by Gasteiger charge is -2.14. The van der Waals surface area contributed by atoms with Gasteiger partial charge in [-0.05, 0) is 33.6 Å². The third-order valence-electron chi connectivity index (χ3n) is 3.21. The van der Waals surface area contributed by atoms with Crippen LogP contribution < -0.4 is 16.0 Å². The summed E-state index contributed by atoms with van der Waals surface area (Å²) in [6, 6.07) is 2.46. The number of rotatable bonds is 4. The Balaban J connectivity index is 3.02. The zero-order valence-electron chi connectivity index (χ0n) is 12.1. The molecule has 0 atom stereocenters. The number of ether oxygens (including phenoxy) is 1. The first-order valence-electron chi connectivity index (χ1n) is 6.28. The average Bonchev–Trinajstić information content (AvgIpc) is 2.48. The summed E-state index contributed by atoms with van der Waals surface area (Å²) in [4.78, 5) is 36.9. The molecule has 0 aliphatic carbocycles. The van der Waals surface area contributed by atoms with Gasteiger partial charge in [0, 0.05) is 5.56 Å². The van der Waals surface area contributed by atoms with E-state index in [1.807, 2.05) is 4.98 Å². The second-order valence-corrected chi connectivity index (χ2v) is 5.47. The highest BCUT2D eigenvalue weighted by Gasteiger charge is 2.27. The molecular weight excluding hydrogens is 388 g/mol. The number of methoxy groups -OCH3 is 1. The third kappa shape index (κ3) is 2.78. The van der Waals surface area contributed by atoms with E-state index in [0.29, 0.717) is 0 Å². The maximum absolute atomic E-state index is 12.0. The number of aromatic carboxylic acids is 2. The SMILES string of the molecule is COc1cc(-c2c(C(=O)O)c(N)[nH]c(=O)c2C(=O)O)cc(Br)c1O. The highest BCUT2D eigenvalue weighted by atomic mass is 79.9. The fourth-order valence-electron chi connectivity index (χ4n) is 2.21. The van der Waals surface area contributed by atoms with E-state index in [0.717, 1.165) is 0 Å². The van der Waals surface area contributed by atoms with Gasteiger partial charge in [0.05, 0.1) is 11.6 Å². The second kappa shape index (κ2) is 6.24. The largest absolute Gasteiger partial charge is 0.503 e. The molecule has 1 heterocycles. The Morgan fingerprint density at radius 1 is 1.21 bits per heavy atom. The Morgan fingerprint density at radius 3 is 2.29 bits per heavy atom. The lowest BCUT2D eigenvalue weighted by molar-refractivity contribution is 0.0695. The number of nitrogens with two attached hydrogens (primary N) is 1. The first-order valence-corrected chi connectivity index (χ1v) is 7.07. The molecule has 0 spiro atoms. The number of carboxylic acids is 2. The molecule has 0 saturated heterocycles. The first kappa shape index (κ1) is 17.3. The van der Waals surface area contributed by atoms with Gasteiger partial charge in [0.2, 0.25) is 0 Å². The molecule has 9 nitrogen and oxygen atoms in total. The number of aromatic amines is 1. The Hall–Kier alpha value is -3.01. The van der Waals surface area contributed by atoms with Crippen molar-refractivity contribution >= 4 is 33.7 Å². The number of hydrogen-bond donors (Lipinski definition) is 5. The molecule has 24 heavy (non-hydrogen) atoms. The molecule has 0 fully saturated rings. The lowest BCUT2D eigenvalue weighted by atomic mass is 9.95. The predicted octanol–water partition coefficient (Wildman–Crippen LogP) is 1.50. The number of carboxylic acid groups (broad SMARTS) is 2. The van der Waals surface area contributed by atoms with E-state index in [1.54, 1.807) is 0 Å². The first-order chi connectivity index (χ1) is 11.2. The van der Waals surface area contributed by atoms with Crippen molar-refractivity contribution in [2.24, 2.45) is 0 Å². The fourth-order valence-corrected chi connectivity index (χ4v) is 2.65. The van der Waals surface area contributed by atoms with Crippen molar-refractivity contribution < 1.29 is 29.6 Å². The van der Waals surface area contributed by atoms with Crippen LogP contribution in [0.25, 0.3) is 11.1 Å². The zero-order valence-corrected chi connectivity index (χ0v) is 13.7. The maximum atomic E-state index is 12.0. The smallest absolute Gasteiger partial charge is 0.342 e. The van der Waals surface area contributed by atoms with Crippen LogP contribution in [0, 0.1) is 0 Å². The number of nitrogen functional groups attached to an aromatic ring is 1. The third-order valence-corrected chi connectivity index (χ3v) is 3.81. The minimum atomic E-state index is -1.63. The zero-order chi connectivity index (χ0) is 18.2. The average molecular weight is 399 g/mol. The number of aromatic nitrogens is 1. The van der Waals surface area contributed by atoms with Crippen LogP contribution in [0.15, 0.2) is 21.4 Å². The van der Waals surface area contributed by atoms with Crippen molar-refractivity contribution in [3.05, 3.63) is 38.1 Å². The van der Waals surface area contributed by atoms with Gasteiger partial charge in [-0.15, -0.1) is 0 Å². The number of benzene rings is 1. The molecule has 1 aromatic heterocycles. The fraction of sp³-hybridized carbons (Fsp3) is 0.0714. The van der Waals surface area contributed by atoms with Crippen LogP contribution in [0.1, 0.15) is 20.7 Å². The molecule has 0 radical (unpaired) electrons. The molecule has 2 aromatic rings. The summed E-state index contributed by atoms with van der Waals surface area (Å²) in [5, 5.41) is 28.5. The van der Waals surface area contributed by atoms with Crippen molar-refractivity contribution in [1.82, 2.24) is 4.98 Å². The second-order valence-electron chi connectivity index (χ2n) is 4.61. The van der Waals surface area contributed by atoms with E-state index in [1.165, 1.54) is 19.2 Å². The van der Waals surface area contributed by atoms with Crippen LogP contribution in [-0.2, 0) is 0 Å². The molecule has 0 unspecified atom stereocenters. The molecule has 10 heteroatoms. The molecule has 0 amide bonds. The summed E-state index contributed by atoms with van der Waals surface area (Å²) in [7, 11) is 1.26. The highest BCUT2D eigenvalue weighted by Crippen LogP contribution is 2.40. The number of aromatic hydroxyl groups is 1. The number of phenolic OH excluding ortho intramolecular Hbond substituents is 1. The van der Waals surface area contributed by atoms with Gasteiger partial charge in [-0.2, -0.15) is 0 Å². The number of phenols is 1. The maximum Gasteiger partial charge on any atom is 0.342 e. The number of carbonyl (C=O) groups is 2. The highest BCUT2D eigenvalue weighted by molar-refractivity contribution is 9.10. The van der Waals surface area contributed by atoms with Crippen molar-refractivity contribution in [3.8, 4) is 22.6 Å². The molecular formula is C14H11BrN2O7. The summed E-state index contributed by atoms with van der Waals surface area (Å²) in [6.07, 6.45) is 0. The van der Waals surface area contributed by atoms with Crippen LogP contribution in [0.2, 0.25) is 0 Å². The van der Waals surface area contributed by atoms with Gasteiger partial charge in [0.1, 0.15) is 16.9 Å². The van der Waals surface area contributed by atoms with Gasteiger partial charge in [-0.25, -0.2) is 9.59 Å². The number of anilines is 1. The van der Waals surface area contributed by atoms with Gasteiger partial charge in [-0.3, -0.25) is 4.79 Å². The minimum Gasteiger partial charge on any atom is -0.503 e. The Labute approximate surface area is 142 Å². The van der Waals surface area contributed by atoms with E-state index >= 15 is 0 Å². The van der Waals surface area contributed by atoms with E-state index in [9.17, 15) is 29.7 Å². The van der Waals surface area contributed by atoms with Crippen molar-refractivity contribution in [3.63, 3.8) is 0 Å².